The zero-order valence-corrected chi connectivity index (χ0v) is 9.93. The second-order valence-electron chi connectivity index (χ2n) is 3.91. The number of epoxide rings is 1. The van der Waals surface area contributed by atoms with Crippen molar-refractivity contribution < 1.29 is 9.47 Å². The Bertz CT molecular complexity index is 325. The molecule has 3 heteroatoms. The Kier molecular flexibility index (Phi) is 2.54. The molecular formula is C11H13BrO2. The van der Waals surface area contributed by atoms with E-state index in [-0.39, 0.29) is 5.60 Å². The van der Waals surface area contributed by atoms with E-state index in [0.29, 0.717) is 6.61 Å². The SMILES string of the molecule is Cc1cccc(Br)c1OCC1(C)CO1. The van der Waals surface area contributed by atoms with Gasteiger partial charge in [0, 0.05) is 0 Å². The molecule has 0 N–H and O–H groups in total. The van der Waals surface area contributed by atoms with E-state index < -0.39 is 0 Å². The molecule has 0 saturated carbocycles. The molecule has 0 amide bonds. The largest absolute Gasteiger partial charge is 0.489 e. The monoisotopic (exact) mass is 256 g/mol. The zero-order valence-electron chi connectivity index (χ0n) is 8.34. The van der Waals surface area contributed by atoms with Crippen molar-refractivity contribution in [2.75, 3.05) is 13.2 Å². The highest BCUT2D eigenvalue weighted by Gasteiger charge is 2.40. The van der Waals surface area contributed by atoms with Crippen LogP contribution in [0.2, 0.25) is 0 Å². The van der Waals surface area contributed by atoms with Gasteiger partial charge in [0.1, 0.15) is 18.0 Å². The summed E-state index contributed by atoms with van der Waals surface area (Å²) in [5.41, 5.74) is 1.09. The van der Waals surface area contributed by atoms with E-state index in [2.05, 4.69) is 22.9 Å². The molecule has 1 atom stereocenters. The van der Waals surface area contributed by atoms with Crippen molar-refractivity contribution in [2.45, 2.75) is 19.4 Å². The van der Waals surface area contributed by atoms with Gasteiger partial charge in [-0.15, -0.1) is 0 Å². The summed E-state index contributed by atoms with van der Waals surface area (Å²) in [5, 5.41) is 0. The van der Waals surface area contributed by atoms with E-state index in [1.54, 1.807) is 0 Å². The first-order chi connectivity index (χ1) is 6.61. The number of benzene rings is 1. The fourth-order valence-corrected chi connectivity index (χ4v) is 1.81. The molecule has 0 aliphatic carbocycles. The van der Waals surface area contributed by atoms with Crippen LogP contribution in [0, 0.1) is 6.92 Å². The van der Waals surface area contributed by atoms with Crippen LogP contribution in [0.4, 0.5) is 0 Å². The quantitative estimate of drug-likeness (QED) is 0.776. The molecule has 76 valence electrons. The highest BCUT2D eigenvalue weighted by molar-refractivity contribution is 9.10. The molecule has 1 unspecified atom stereocenters. The number of aryl methyl sites for hydroxylation is 1. The second-order valence-corrected chi connectivity index (χ2v) is 4.77. The van der Waals surface area contributed by atoms with Crippen molar-refractivity contribution in [1.29, 1.82) is 0 Å². The van der Waals surface area contributed by atoms with Crippen LogP contribution >= 0.6 is 15.9 Å². The molecule has 2 nitrogen and oxygen atoms in total. The lowest BCUT2D eigenvalue weighted by Crippen LogP contribution is -2.17. The minimum atomic E-state index is -0.0538. The van der Waals surface area contributed by atoms with Crippen LogP contribution in [0.3, 0.4) is 0 Å². The maximum absolute atomic E-state index is 5.72. The minimum absolute atomic E-state index is 0.0538. The predicted octanol–water partition coefficient (Wildman–Crippen LogP) is 2.93. The molecule has 1 saturated heterocycles. The molecule has 0 radical (unpaired) electrons. The predicted molar refractivity (Wildman–Crippen MR) is 58.7 cm³/mol. The highest BCUT2D eigenvalue weighted by atomic mass is 79.9. The van der Waals surface area contributed by atoms with Crippen molar-refractivity contribution in [3.63, 3.8) is 0 Å². The van der Waals surface area contributed by atoms with Crippen LogP contribution in [0.5, 0.6) is 5.75 Å². The van der Waals surface area contributed by atoms with Gasteiger partial charge in [-0.1, -0.05) is 12.1 Å². The molecule has 0 bridgehead atoms. The van der Waals surface area contributed by atoms with Crippen molar-refractivity contribution in [2.24, 2.45) is 0 Å². The van der Waals surface area contributed by atoms with Crippen molar-refractivity contribution in [1.82, 2.24) is 0 Å². The minimum Gasteiger partial charge on any atom is -0.489 e. The zero-order chi connectivity index (χ0) is 10.2. The Morgan fingerprint density at radius 1 is 1.57 bits per heavy atom. The lowest BCUT2D eigenvalue weighted by Gasteiger charge is -2.12. The summed E-state index contributed by atoms with van der Waals surface area (Å²) >= 11 is 3.47. The maximum atomic E-state index is 5.72. The molecule has 1 heterocycles. The van der Waals surface area contributed by atoms with Gasteiger partial charge >= 0.3 is 0 Å². The van der Waals surface area contributed by atoms with Gasteiger partial charge in [0.2, 0.25) is 0 Å². The number of halogens is 1. The van der Waals surface area contributed by atoms with Gasteiger partial charge in [0.15, 0.2) is 0 Å². The summed E-state index contributed by atoms with van der Waals surface area (Å²) in [4.78, 5) is 0. The number of para-hydroxylation sites is 1. The average molecular weight is 257 g/mol. The summed E-state index contributed by atoms with van der Waals surface area (Å²) in [6, 6.07) is 6.02. The molecule has 1 aliphatic rings. The number of ether oxygens (including phenoxy) is 2. The molecule has 1 aliphatic heterocycles. The summed E-state index contributed by atoms with van der Waals surface area (Å²) in [5.74, 6) is 0.921. The summed E-state index contributed by atoms with van der Waals surface area (Å²) < 4.78 is 12.0. The van der Waals surface area contributed by atoms with Crippen LogP contribution in [0.1, 0.15) is 12.5 Å². The first-order valence-corrected chi connectivity index (χ1v) is 5.42. The van der Waals surface area contributed by atoms with Gasteiger partial charge in [-0.05, 0) is 41.4 Å². The van der Waals surface area contributed by atoms with E-state index in [9.17, 15) is 0 Å². The Morgan fingerprint density at radius 2 is 2.29 bits per heavy atom. The molecule has 0 spiro atoms. The topological polar surface area (TPSA) is 21.8 Å². The van der Waals surface area contributed by atoms with Gasteiger partial charge in [-0.2, -0.15) is 0 Å². The fraction of sp³-hybridized carbons (Fsp3) is 0.455. The van der Waals surface area contributed by atoms with Crippen molar-refractivity contribution >= 4 is 15.9 Å². The Balaban J connectivity index is 2.08. The molecular weight excluding hydrogens is 244 g/mol. The van der Waals surface area contributed by atoms with Crippen LogP contribution in [-0.4, -0.2) is 18.8 Å². The van der Waals surface area contributed by atoms with Crippen molar-refractivity contribution in [3.05, 3.63) is 28.2 Å². The molecule has 2 rings (SSSR count). The standard InChI is InChI=1S/C11H13BrO2/c1-8-4-3-5-9(12)10(8)13-6-11(2)7-14-11/h3-5H,6-7H2,1-2H3. The normalized spacial score (nSPS) is 24.8. The van der Waals surface area contributed by atoms with Crippen LogP contribution < -0.4 is 4.74 Å². The van der Waals surface area contributed by atoms with Crippen molar-refractivity contribution in [3.8, 4) is 5.75 Å². The van der Waals surface area contributed by atoms with Gasteiger partial charge < -0.3 is 9.47 Å². The summed E-state index contributed by atoms with van der Waals surface area (Å²) in [6.07, 6.45) is 0. The molecule has 1 aromatic carbocycles. The van der Waals surface area contributed by atoms with Gasteiger partial charge in [-0.25, -0.2) is 0 Å². The van der Waals surface area contributed by atoms with Crippen LogP contribution in [-0.2, 0) is 4.74 Å². The molecule has 0 aromatic heterocycles. The number of rotatable bonds is 3. The number of hydrogen-bond donors (Lipinski definition) is 0. The van der Waals surface area contributed by atoms with Crippen LogP contribution in [0.15, 0.2) is 22.7 Å². The third-order valence-electron chi connectivity index (χ3n) is 2.32. The third-order valence-corrected chi connectivity index (χ3v) is 2.95. The lowest BCUT2D eigenvalue weighted by atomic mass is 10.2. The molecule has 14 heavy (non-hydrogen) atoms. The molecule has 1 aromatic rings. The Labute approximate surface area is 92.3 Å². The third kappa shape index (κ3) is 2.10. The van der Waals surface area contributed by atoms with Crippen LogP contribution in [0.25, 0.3) is 0 Å². The lowest BCUT2D eigenvalue weighted by molar-refractivity contribution is 0.201. The Hall–Kier alpha value is -0.540. The fourth-order valence-electron chi connectivity index (χ4n) is 1.23. The Morgan fingerprint density at radius 3 is 2.86 bits per heavy atom. The average Bonchev–Trinajstić information content (AvgIpc) is 2.83. The first kappa shape index (κ1) is 9.99. The van der Waals surface area contributed by atoms with E-state index in [0.717, 1.165) is 22.4 Å². The van der Waals surface area contributed by atoms with E-state index in [4.69, 9.17) is 9.47 Å². The molecule has 1 fully saturated rings. The van der Waals surface area contributed by atoms with E-state index >= 15 is 0 Å². The van der Waals surface area contributed by atoms with E-state index in [1.807, 2.05) is 25.1 Å². The maximum Gasteiger partial charge on any atom is 0.136 e. The summed E-state index contributed by atoms with van der Waals surface area (Å²) in [6.45, 7) is 5.52. The van der Waals surface area contributed by atoms with Gasteiger partial charge in [0.05, 0.1) is 11.1 Å². The smallest absolute Gasteiger partial charge is 0.136 e. The van der Waals surface area contributed by atoms with E-state index in [1.165, 1.54) is 0 Å². The summed E-state index contributed by atoms with van der Waals surface area (Å²) in [7, 11) is 0. The van der Waals surface area contributed by atoms with Gasteiger partial charge in [0.25, 0.3) is 0 Å². The number of hydrogen-bond acceptors (Lipinski definition) is 2. The second kappa shape index (κ2) is 3.55. The first-order valence-electron chi connectivity index (χ1n) is 4.63. The van der Waals surface area contributed by atoms with Gasteiger partial charge in [-0.3, -0.25) is 0 Å². The highest BCUT2D eigenvalue weighted by Crippen LogP contribution is 2.32.